The van der Waals surface area contributed by atoms with Gasteiger partial charge in [0.2, 0.25) is 0 Å². The van der Waals surface area contributed by atoms with Crippen LogP contribution in [0.5, 0.6) is 5.75 Å². The van der Waals surface area contributed by atoms with Gasteiger partial charge in [0.05, 0.1) is 7.11 Å². The molecule has 1 heterocycles. The summed E-state index contributed by atoms with van der Waals surface area (Å²) in [5.41, 5.74) is 7.99. The van der Waals surface area contributed by atoms with Gasteiger partial charge < -0.3 is 15.0 Å². The number of nitrogens with two attached hydrogens (primary N) is 1. The summed E-state index contributed by atoms with van der Waals surface area (Å²) in [6, 6.07) is 5.80. The van der Waals surface area contributed by atoms with Crippen molar-refractivity contribution in [3.05, 3.63) is 28.5 Å². The fourth-order valence-electron chi connectivity index (χ4n) is 2.15. The first-order valence-corrected chi connectivity index (χ1v) is 7.10. The van der Waals surface area contributed by atoms with Gasteiger partial charge in [-0.2, -0.15) is 0 Å². The van der Waals surface area contributed by atoms with Crippen LogP contribution < -0.4 is 10.5 Å². The number of nitrogens with zero attached hydrogens (tertiary/aromatic N) is 2. The van der Waals surface area contributed by atoms with Gasteiger partial charge >= 0.3 is 0 Å². The van der Waals surface area contributed by atoms with Crippen LogP contribution in [0.15, 0.2) is 22.7 Å². The van der Waals surface area contributed by atoms with E-state index in [1.807, 2.05) is 22.8 Å². The molecule has 2 aromatic rings. The lowest BCUT2D eigenvalue weighted by atomic mass is 10.1. The smallest absolute Gasteiger partial charge is 0.131 e. The van der Waals surface area contributed by atoms with Crippen LogP contribution in [0.1, 0.15) is 19.7 Å². The summed E-state index contributed by atoms with van der Waals surface area (Å²) in [6.45, 7) is 4.98. The molecule has 0 saturated heterocycles. The Bertz CT molecular complexity index is 593. The normalized spacial score (nSPS) is 10.7. The van der Waals surface area contributed by atoms with Gasteiger partial charge in [0.25, 0.3) is 0 Å². The SMILES string of the molecule is CCc1nc(-c2cc(OC)ccc2Br)c(N)n1CC. The number of nitrogen functional groups attached to an aromatic ring is 1. The molecule has 0 spiro atoms. The number of benzene rings is 1. The van der Waals surface area contributed by atoms with Crippen molar-refractivity contribution in [1.29, 1.82) is 0 Å². The van der Waals surface area contributed by atoms with Gasteiger partial charge in [-0.1, -0.05) is 22.9 Å². The highest BCUT2D eigenvalue weighted by atomic mass is 79.9. The third-order valence-electron chi connectivity index (χ3n) is 3.15. The van der Waals surface area contributed by atoms with E-state index in [1.54, 1.807) is 7.11 Å². The zero-order valence-electron chi connectivity index (χ0n) is 11.4. The molecule has 0 aliphatic carbocycles. The van der Waals surface area contributed by atoms with Crippen molar-refractivity contribution < 1.29 is 4.74 Å². The van der Waals surface area contributed by atoms with E-state index in [-0.39, 0.29) is 0 Å². The van der Waals surface area contributed by atoms with Gasteiger partial charge in [-0.25, -0.2) is 4.98 Å². The summed E-state index contributed by atoms with van der Waals surface area (Å²) in [7, 11) is 1.65. The Labute approximate surface area is 121 Å². The fraction of sp³-hybridized carbons (Fsp3) is 0.357. The number of rotatable bonds is 4. The number of aryl methyl sites for hydroxylation is 1. The lowest BCUT2D eigenvalue weighted by Gasteiger charge is -2.07. The van der Waals surface area contributed by atoms with Gasteiger partial charge in [0.15, 0.2) is 0 Å². The predicted molar refractivity (Wildman–Crippen MR) is 81.4 cm³/mol. The van der Waals surface area contributed by atoms with Crippen molar-refractivity contribution in [1.82, 2.24) is 9.55 Å². The number of halogens is 1. The van der Waals surface area contributed by atoms with E-state index in [1.165, 1.54) is 0 Å². The van der Waals surface area contributed by atoms with Crippen LogP contribution in [-0.2, 0) is 13.0 Å². The van der Waals surface area contributed by atoms with Crippen molar-refractivity contribution in [2.75, 3.05) is 12.8 Å². The first kappa shape index (κ1) is 13.9. The summed E-state index contributed by atoms with van der Waals surface area (Å²) in [6.07, 6.45) is 0.861. The molecule has 4 nitrogen and oxygen atoms in total. The molecular formula is C14H18BrN3O. The molecule has 0 bridgehead atoms. The van der Waals surface area contributed by atoms with Gasteiger partial charge in [0.1, 0.15) is 23.1 Å². The standard InChI is InChI=1S/C14H18BrN3O/c1-4-12-17-13(14(16)18(12)5-2)10-8-9(19-3)6-7-11(10)15/h6-8H,4-5,16H2,1-3H3. The molecule has 0 atom stereocenters. The number of aromatic nitrogens is 2. The lowest BCUT2D eigenvalue weighted by molar-refractivity contribution is 0.415. The number of hydrogen-bond donors (Lipinski definition) is 1. The van der Waals surface area contributed by atoms with E-state index in [0.29, 0.717) is 5.82 Å². The molecule has 0 fully saturated rings. The Kier molecular flexibility index (Phi) is 4.14. The van der Waals surface area contributed by atoms with Crippen molar-refractivity contribution in [3.63, 3.8) is 0 Å². The molecule has 19 heavy (non-hydrogen) atoms. The Morgan fingerprint density at radius 1 is 1.37 bits per heavy atom. The second kappa shape index (κ2) is 5.65. The molecule has 2 rings (SSSR count). The van der Waals surface area contributed by atoms with Crippen LogP contribution >= 0.6 is 15.9 Å². The maximum Gasteiger partial charge on any atom is 0.131 e. The number of hydrogen-bond acceptors (Lipinski definition) is 3. The molecular weight excluding hydrogens is 306 g/mol. The molecule has 0 saturated carbocycles. The Morgan fingerprint density at radius 2 is 2.11 bits per heavy atom. The monoisotopic (exact) mass is 323 g/mol. The van der Waals surface area contributed by atoms with Gasteiger partial charge in [-0.05, 0) is 25.1 Å². The van der Waals surface area contributed by atoms with Crippen LogP contribution in [0.3, 0.4) is 0 Å². The first-order valence-electron chi connectivity index (χ1n) is 6.31. The second-order valence-corrected chi connectivity index (χ2v) is 5.06. The molecule has 102 valence electrons. The number of methoxy groups -OCH3 is 1. The third-order valence-corrected chi connectivity index (χ3v) is 3.84. The van der Waals surface area contributed by atoms with Crippen LogP contribution in [0.4, 0.5) is 5.82 Å². The van der Waals surface area contributed by atoms with E-state index < -0.39 is 0 Å². The molecule has 2 N–H and O–H groups in total. The van der Waals surface area contributed by atoms with E-state index >= 15 is 0 Å². The summed E-state index contributed by atoms with van der Waals surface area (Å²) in [5.74, 6) is 2.50. The second-order valence-electron chi connectivity index (χ2n) is 4.21. The average Bonchev–Trinajstić information content (AvgIpc) is 2.75. The molecule has 0 aliphatic rings. The zero-order valence-corrected chi connectivity index (χ0v) is 13.0. The molecule has 0 unspecified atom stereocenters. The molecule has 0 aliphatic heterocycles. The highest BCUT2D eigenvalue weighted by molar-refractivity contribution is 9.10. The number of anilines is 1. The van der Waals surface area contributed by atoms with Gasteiger partial charge in [0, 0.05) is 23.0 Å². The van der Waals surface area contributed by atoms with E-state index in [2.05, 4.69) is 34.8 Å². The highest BCUT2D eigenvalue weighted by Crippen LogP contribution is 2.35. The minimum Gasteiger partial charge on any atom is -0.497 e. The minimum atomic E-state index is 0.702. The van der Waals surface area contributed by atoms with E-state index in [0.717, 1.165) is 40.3 Å². The average molecular weight is 324 g/mol. The van der Waals surface area contributed by atoms with Crippen LogP contribution in [-0.4, -0.2) is 16.7 Å². The Balaban J connectivity index is 2.61. The van der Waals surface area contributed by atoms with Crippen molar-refractivity contribution in [2.24, 2.45) is 0 Å². The molecule has 0 radical (unpaired) electrons. The Hall–Kier alpha value is -1.49. The van der Waals surface area contributed by atoms with Crippen molar-refractivity contribution >= 4 is 21.7 Å². The maximum atomic E-state index is 6.22. The first-order chi connectivity index (χ1) is 9.12. The zero-order chi connectivity index (χ0) is 14.0. The third kappa shape index (κ3) is 2.47. The predicted octanol–water partition coefficient (Wildman–Crippen LogP) is 3.49. The summed E-state index contributed by atoms with van der Waals surface area (Å²) in [4.78, 5) is 4.66. The Morgan fingerprint density at radius 3 is 2.63 bits per heavy atom. The minimum absolute atomic E-state index is 0.702. The van der Waals surface area contributed by atoms with E-state index in [4.69, 9.17) is 10.5 Å². The number of ether oxygens (including phenoxy) is 1. The molecule has 5 heteroatoms. The van der Waals surface area contributed by atoms with Crippen LogP contribution in [0, 0.1) is 0 Å². The van der Waals surface area contributed by atoms with E-state index in [9.17, 15) is 0 Å². The molecule has 1 aromatic heterocycles. The van der Waals surface area contributed by atoms with Crippen LogP contribution in [0.25, 0.3) is 11.3 Å². The number of imidazole rings is 1. The molecule has 1 aromatic carbocycles. The van der Waals surface area contributed by atoms with Crippen LogP contribution in [0.2, 0.25) is 0 Å². The quantitative estimate of drug-likeness (QED) is 0.937. The summed E-state index contributed by atoms with van der Waals surface area (Å²) in [5, 5.41) is 0. The van der Waals surface area contributed by atoms with Crippen molar-refractivity contribution in [2.45, 2.75) is 26.8 Å². The largest absolute Gasteiger partial charge is 0.497 e. The lowest BCUT2D eigenvalue weighted by Crippen LogP contribution is -2.04. The highest BCUT2D eigenvalue weighted by Gasteiger charge is 2.16. The molecule has 0 amide bonds. The topological polar surface area (TPSA) is 53.1 Å². The fourth-order valence-corrected chi connectivity index (χ4v) is 2.58. The van der Waals surface area contributed by atoms with Gasteiger partial charge in [-0.3, -0.25) is 0 Å². The summed E-state index contributed by atoms with van der Waals surface area (Å²) < 4.78 is 8.27. The maximum absolute atomic E-state index is 6.22. The van der Waals surface area contributed by atoms with Gasteiger partial charge in [-0.15, -0.1) is 0 Å². The summed E-state index contributed by atoms with van der Waals surface area (Å²) >= 11 is 3.55. The van der Waals surface area contributed by atoms with Crippen molar-refractivity contribution in [3.8, 4) is 17.0 Å².